The molecule has 3 amide bonds. The number of nitrogens with zero attached hydrogens (tertiary/aromatic N) is 1. The molecule has 170 valence electrons. The monoisotopic (exact) mass is 453 g/mol. The first kappa shape index (κ1) is 22.4. The Bertz CT molecular complexity index is 1190. The van der Waals surface area contributed by atoms with Crippen molar-refractivity contribution in [2.75, 3.05) is 5.32 Å². The van der Waals surface area contributed by atoms with Gasteiger partial charge in [0.1, 0.15) is 23.5 Å². The molecule has 0 unspecified atom stereocenters. The normalized spacial score (nSPS) is 14.8. The second-order valence-corrected chi connectivity index (χ2v) is 7.96. The maximum atomic E-state index is 14.2. The number of fused-ring (bicyclic) bond motifs is 1. The van der Waals surface area contributed by atoms with Crippen LogP contribution in [0.25, 0.3) is 0 Å². The lowest BCUT2D eigenvalue weighted by atomic mass is 10.0. The lowest BCUT2D eigenvalue weighted by Gasteiger charge is -2.35. The van der Waals surface area contributed by atoms with Crippen molar-refractivity contribution in [1.29, 1.82) is 0 Å². The van der Waals surface area contributed by atoms with E-state index < -0.39 is 41.5 Å². The largest absolute Gasteiger partial charge is 0.348 e. The summed E-state index contributed by atoms with van der Waals surface area (Å²) in [5, 5.41) is 5.43. The van der Waals surface area contributed by atoms with Crippen molar-refractivity contribution in [2.24, 2.45) is 0 Å². The number of anilines is 1. The molecule has 0 radical (unpaired) electrons. The summed E-state index contributed by atoms with van der Waals surface area (Å²) >= 11 is 0. The van der Waals surface area contributed by atoms with Crippen LogP contribution >= 0.6 is 0 Å². The van der Waals surface area contributed by atoms with E-state index >= 15 is 0 Å². The SMILES string of the molecule is C[C@H](NC(=O)[C@H](Cc1ccccc1)N1Cc2cc(F)ccc2NC1=O)c1ccc(F)cc1F. The van der Waals surface area contributed by atoms with E-state index in [1.165, 1.54) is 29.2 Å². The highest BCUT2D eigenvalue weighted by Crippen LogP contribution is 2.27. The number of amides is 3. The zero-order valence-electron chi connectivity index (χ0n) is 17.8. The van der Waals surface area contributed by atoms with Crippen molar-refractivity contribution in [3.05, 3.63) is 101 Å². The van der Waals surface area contributed by atoms with E-state index in [2.05, 4.69) is 10.6 Å². The number of carbonyl (C=O) groups is 2. The average Bonchev–Trinajstić information content (AvgIpc) is 2.78. The van der Waals surface area contributed by atoms with Gasteiger partial charge in [0.05, 0.1) is 12.6 Å². The average molecular weight is 453 g/mol. The van der Waals surface area contributed by atoms with Crippen LogP contribution in [0.15, 0.2) is 66.7 Å². The Morgan fingerprint density at radius 1 is 1.03 bits per heavy atom. The molecular weight excluding hydrogens is 431 g/mol. The van der Waals surface area contributed by atoms with Gasteiger partial charge in [-0.15, -0.1) is 0 Å². The third-order valence-corrected chi connectivity index (χ3v) is 5.65. The molecule has 0 fully saturated rings. The molecule has 0 spiro atoms. The zero-order valence-corrected chi connectivity index (χ0v) is 17.8. The molecule has 33 heavy (non-hydrogen) atoms. The molecule has 8 heteroatoms. The highest BCUT2D eigenvalue weighted by molar-refractivity contribution is 5.96. The predicted molar refractivity (Wildman–Crippen MR) is 118 cm³/mol. The van der Waals surface area contributed by atoms with Crippen LogP contribution in [0.2, 0.25) is 0 Å². The fourth-order valence-electron chi connectivity index (χ4n) is 3.93. The highest BCUT2D eigenvalue weighted by atomic mass is 19.1. The first-order valence-corrected chi connectivity index (χ1v) is 10.5. The second-order valence-electron chi connectivity index (χ2n) is 7.96. The Morgan fingerprint density at radius 3 is 2.45 bits per heavy atom. The minimum absolute atomic E-state index is 0.0309. The van der Waals surface area contributed by atoms with E-state index in [1.807, 2.05) is 30.3 Å². The Morgan fingerprint density at radius 2 is 1.73 bits per heavy atom. The molecule has 4 rings (SSSR count). The molecule has 0 bridgehead atoms. The maximum Gasteiger partial charge on any atom is 0.322 e. The lowest BCUT2D eigenvalue weighted by Crippen LogP contribution is -2.53. The number of hydrogen-bond donors (Lipinski definition) is 2. The van der Waals surface area contributed by atoms with Gasteiger partial charge in [0.25, 0.3) is 0 Å². The molecular formula is C25H22F3N3O2. The summed E-state index contributed by atoms with van der Waals surface area (Å²) in [6.45, 7) is 1.61. The first-order chi connectivity index (χ1) is 15.8. The van der Waals surface area contributed by atoms with Gasteiger partial charge in [0.2, 0.25) is 5.91 Å². The molecule has 5 nitrogen and oxygen atoms in total. The molecule has 1 aliphatic heterocycles. The summed E-state index contributed by atoms with van der Waals surface area (Å²) in [7, 11) is 0. The van der Waals surface area contributed by atoms with E-state index in [0.29, 0.717) is 11.3 Å². The van der Waals surface area contributed by atoms with Crippen LogP contribution in [0.5, 0.6) is 0 Å². The summed E-state index contributed by atoms with van der Waals surface area (Å²) in [6, 6.07) is 14.1. The van der Waals surface area contributed by atoms with Gasteiger partial charge in [0.15, 0.2) is 0 Å². The molecule has 2 N–H and O–H groups in total. The number of hydrogen-bond acceptors (Lipinski definition) is 2. The van der Waals surface area contributed by atoms with Gasteiger partial charge in [-0.1, -0.05) is 36.4 Å². The fourth-order valence-corrected chi connectivity index (χ4v) is 3.93. The van der Waals surface area contributed by atoms with E-state index in [-0.39, 0.29) is 18.5 Å². The quantitative estimate of drug-likeness (QED) is 0.556. The van der Waals surface area contributed by atoms with E-state index in [9.17, 15) is 22.8 Å². The number of rotatable bonds is 6. The van der Waals surface area contributed by atoms with E-state index in [1.54, 1.807) is 6.92 Å². The summed E-state index contributed by atoms with van der Waals surface area (Å²) in [6.07, 6.45) is 0.198. The van der Waals surface area contributed by atoms with Crippen molar-refractivity contribution < 1.29 is 22.8 Å². The Kier molecular flexibility index (Phi) is 6.35. The van der Waals surface area contributed by atoms with Crippen molar-refractivity contribution in [1.82, 2.24) is 10.2 Å². The van der Waals surface area contributed by atoms with E-state index in [0.717, 1.165) is 17.7 Å². The highest BCUT2D eigenvalue weighted by Gasteiger charge is 2.34. The summed E-state index contributed by atoms with van der Waals surface area (Å²) in [5.41, 5.74) is 1.96. The molecule has 1 heterocycles. The second kappa shape index (κ2) is 9.36. The standard InChI is InChI=1S/C25H22F3N3O2/c1-15(20-9-7-19(27)13-21(20)28)29-24(32)23(11-16-5-3-2-4-6-16)31-14-17-12-18(26)8-10-22(17)30-25(31)33/h2-10,12-13,15,23H,11,14H2,1H3,(H,29,32)(H,30,33)/t15-,23-/m0/s1. The molecule has 3 aromatic rings. The van der Waals surface area contributed by atoms with Crippen LogP contribution in [0.1, 0.15) is 29.7 Å². The molecule has 0 saturated carbocycles. The van der Waals surface area contributed by atoms with Gasteiger partial charge in [-0.05, 0) is 42.3 Å². The van der Waals surface area contributed by atoms with Gasteiger partial charge in [-0.2, -0.15) is 0 Å². The summed E-state index contributed by atoms with van der Waals surface area (Å²) in [4.78, 5) is 27.5. The van der Waals surface area contributed by atoms with Crippen molar-refractivity contribution in [2.45, 2.75) is 32.0 Å². The van der Waals surface area contributed by atoms with Crippen LogP contribution in [-0.4, -0.2) is 22.9 Å². The lowest BCUT2D eigenvalue weighted by molar-refractivity contribution is -0.126. The van der Waals surface area contributed by atoms with Crippen LogP contribution in [0.3, 0.4) is 0 Å². The number of halogens is 3. The van der Waals surface area contributed by atoms with Crippen molar-refractivity contribution in [3.8, 4) is 0 Å². The van der Waals surface area contributed by atoms with Gasteiger partial charge < -0.3 is 15.5 Å². The smallest absolute Gasteiger partial charge is 0.322 e. The molecule has 2 atom stereocenters. The van der Waals surface area contributed by atoms with Gasteiger partial charge in [0, 0.05) is 23.7 Å². The third-order valence-electron chi connectivity index (χ3n) is 5.65. The Hall–Kier alpha value is -3.81. The molecule has 3 aromatic carbocycles. The fraction of sp³-hybridized carbons (Fsp3) is 0.200. The van der Waals surface area contributed by atoms with Crippen molar-refractivity contribution in [3.63, 3.8) is 0 Å². The number of nitrogens with one attached hydrogen (secondary N) is 2. The number of carbonyl (C=O) groups excluding carboxylic acids is 2. The van der Waals surface area contributed by atoms with Crippen LogP contribution in [-0.2, 0) is 17.8 Å². The Labute approximate surface area is 189 Å². The first-order valence-electron chi connectivity index (χ1n) is 10.5. The van der Waals surface area contributed by atoms with Crippen molar-refractivity contribution >= 4 is 17.6 Å². The molecule has 1 aliphatic rings. The van der Waals surface area contributed by atoms with E-state index in [4.69, 9.17) is 0 Å². The van der Waals surface area contributed by atoms with Gasteiger partial charge in [-0.25, -0.2) is 18.0 Å². The summed E-state index contributed by atoms with van der Waals surface area (Å²) < 4.78 is 41.3. The molecule has 0 saturated heterocycles. The topological polar surface area (TPSA) is 61.4 Å². The molecule has 0 aliphatic carbocycles. The minimum Gasteiger partial charge on any atom is -0.348 e. The van der Waals surface area contributed by atoms with Crippen LogP contribution in [0, 0.1) is 17.5 Å². The van der Waals surface area contributed by atoms with Crippen LogP contribution in [0.4, 0.5) is 23.7 Å². The van der Waals surface area contributed by atoms with Gasteiger partial charge >= 0.3 is 6.03 Å². The third kappa shape index (κ3) is 5.00. The van der Waals surface area contributed by atoms with Crippen LogP contribution < -0.4 is 10.6 Å². The summed E-state index contributed by atoms with van der Waals surface area (Å²) in [5.74, 6) is -2.45. The predicted octanol–water partition coefficient (Wildman–Crippen LogP) is 4.94. The number of urea groups is 1. The number of benzene rings is 3. The molecule has 0 aromatic heterocycles. The Balaban J connectivity index is 1.62. The zero-order chi connectivity index (χ0) is 23.5. The minimum atomic E-state index is -0.949. The maximum absolute atomic E-state index is 14.2. The van der Waals surface area contributed by atoms with Gasteiger partial charge in [-0.3, -0.25) is 4.79 Å².